The van der Waals surface area contributed by atoms with E-state index in [0.717, 1.165) is 13.0 Å². The second kappa shape index (κ2) is 6.12. The topological polar surface area (TPSA) is 24.9 Å². The van der Waals surface area contributed by atoms with Gasteiger partial charge in [0.05, 0.1) is 6.04 Å². The van der Waals surface area contributed by atoms with Crippen LogP contribution in [0.2, 0.25) is 0 Å². The summed E-state index contributed by atoms with van der Waals surface area (Å²) < 4.78 is 0. The van der Waals surface area contributed by atoms with Gasteiger partial charge in [0, 0.05) is 22.1 Å². The van der Waals surface area contributed by atoms with Crippen molar-refractivity contribution in [3.05, 3.63) is 51.5 Å². The number of nitrogens with one attached hydrogen (secondary N) is 1. The minimum absolute atomic E-state index is 0.274. The number of rotatable bonds is 5. The SMILES string of the molecule is CCCNC(c1cncc(C)c1)c1ccc(C)s1. The Hall–Kier alpha value is -1.19. The second-order valence-corrected chi connectivity index (χ2v) is 5.95. The molecule has 0 amide bonds. The summed E-state index contributed by atoms with van der Waals surface area (Å²) in [6.45, 7) is 7.46. The summed E-state index contributed by atoms with van der Waals surface area (Å²) in [6.07, 6.45) is 5.01. The number of aromatic nitrogens is 1. The van der Waals surface area contributed by atoms with Crippen LogP contribution in [0, 0.1) is 13.8 Å². The highest BCUT2D eigenvalue weighted by molar-refractivity contribution is 7.12. The van der Waals surface area contributed by atoms with E-state index < -0.39 is 0 Å². The molecule has 2 heterocycles. The van der Waals surface area contributed by atoms with Crippen molar-refractivity contribution in [2.75, 3.05) is 6.54 Å². The molecule has 18 heavy (non-hydrogen) atoms. The molecule has 1 atom stereocenters. The zero-order valence-corrected chi connectivity index (χ0v) is 12.1. The van der Waals surface area contributed by atoms with Gasteiger partial charge in [0.1, 0.15) is 0 Å². The molecule has 0 aliphatic carbocycles. The summed E-state index contributed by atoms with van der Waals surface area (Å²) in [4.78, 5) is 7.03. The van der Waals surface area contributed by atoms with Crippen LogP contribution < -0.4 is 5.32 Å². The molecule has 2 aromatic heterocycles. The summed E-state index contributed by atoms with van der Waals surface area (Å²) in [7, 11) is 0. The van der Waals surface area contributed by atoms with Gasteiger partial charge in [0.15, 0.2) is 0 Å². The van der Waals surface area contributed by atoms with Gasteiger partial charge in [0.2, 0.25) is 0 Å². The van der Waals surface area contributed by atoms with Crippen molar-refractivity contribution in [1.82, 2.24) is 10.3 Å². The van der Waals surface area contributed by atoms with E-state index in [0.29, 0.717) is 0 Å². The number of aryl methyl sites for hydroxylation is 2. The lowest BCUT2D eigenvalue weighted by molar-refractivity contribution is 0.604. The minimum atomic E-state index is 0.274. The van der Waals surface area contributed by atoms with Crippen LogP contribution in [0.3, 0.4) is 0 Å². The van der Waals surface area contributed by atoms with Gasteiger partial charge in [-0.1, -0.05) is 13.0 Å². The molecular formula is C15H20N2S. The highest BCUT2D eigenvalue weighted by Gasteiger charge is 2.15. The van der Waals surface area contributed by atoms with Crippen LogP contribution in [0.5, 0.6) is 0 Å². The molecule has 3 heteroatoms. The van der Waals surface area contributed by atoms with E-state index in [1.54, 1.807) is 0 Å². The van der Waals surface area contributed by atoms with E-state index in [4.69, 9.17) is 0 Å². The molecule has 1 N–H and O–H groups in total. The molecule has 0 saturated carbocycles. The first-order valence-electron chi connectivity index (χ1n) is 6.42. The van der Waals surface area contributed by atoms with Crippen molar-refractivity contribution in [3.63, 3.8) is 0 Å². The van der Waals surface area contributed by atoms with Gasteiger partial charge < -0.3 is 5.32 Å². The Kier molecular flexibility index (Phi) is 4.50. The van der Waals surface area contributed by atoms with Crippen molar-refractivity contribution in [3.8, 4) is 0 Å². The van der Waals surface area contributed by atoms with Crippen LogP contribution in [-0.2, 0) is 0 Å². The average Bonchev–Trinajstić information content (AvgIpc) is 2.76. The predicted octanol–water partition coefficient (Wildman–Crippen LogP) is 3.85. The standard InChI is InChI=1S/C15H20N2S/c1-4-7-17-15(14-6-5-12(3)18-14)13-8-11(2)9-16-10-13/h5-6,8-10,15,17H,4,7H2,1-3H3. The van der Waals surface area contributed by atoms with Crippen LogP contribution in [0.4, 0.5) is 0 Å². The molecule has 2 nitrogen and oxygen atoms in total. The summed E-state index contributed by atoms with van der Waals surface area (Å²) in [6, 6.07) is 6.89. The van der Waals surface area contributed by atoms with Crippen LogP contribution >= 0.6 is 11.3 Å². The summed E-state index contributed by atoms with van der Waals surface area (Å²) in [5.74, 6) is 0. The number of pyridine rings is 1. The molecule has 0 bridgehead atoms. The summed E-state index contributed by atoms with van der Waals surface area (Å²) in [5, 5.41) is 3.61. The highest BCUT2D eigenvalue weighted by atomic mass is 32.1. The Balaban J connectivity index is 2.30. The normalized spacial score (nSPS) is 12.6. The lowest BCUT2D eigenvalue weighted by Gasteiger charge is -2.17. The molecule has 0 aliphatic heterocycles. The third-order valence-electron chi connectivity index (χ3n) is 2.87. The zero-order chi connectivity index (χ0) is 13.0. The van der Waals surface area contributed by atoms with Crippen LogP contribution in [0.25, 0.3) is 0 Å². The lowest BCUT2D eigenvalue weighted by atomic mass is 10.1. The van der Waals surface area contributed by atoms with Crippen molar-refractivity contribution in [2.24, 2.45) is 0 Å². The molecule has 1 unspecified atom stereocenters. The van der Waals surface area contributed by atoms with Crippen molar-refractivity contribution < 1.29 is 0 Å². The Morgan fingerprint density at radius 1 is 1.28 bits per heavy atom. The van der Waals surface area contributed by atoms with Gasteiger partial charge in [0.25, 0.3) is 0 Å². The maximum atomic E-state index is 4.31. The van der Waals surface area contributed by atoms with Crippen molar-refractivity contribution >= 4 is 11.3 Å². The highest BCUT2D eigenvalue weighted by Crippen LogP contribution is 2.28. The fraction of sp³-hybridized carbons (Fsp3) is 0.400. The van der Waals surface area contributed by atoms with Gasteiger partial charge in [-0.25, -0.2) is 0 Å². The molecule has 0 saturated heterocycles. The van der Waals surface area contributed by atoms with Gasteiger partial charge in [-0.2, -0.15) is 0 Å². The van der Waals surface area contributed by atoms with E-state index in [9.17, 15) is 0 Å². The molecule has 0 fully saturated rings. The smallest absolute Gasteiger partial charge is 0.0686 e. The van der Waals surface area contributed by atoms with E-state index in [1.165, 1.54) is 20.9 Å². The minimum Gasteiger partial charge on any atom is -0.306 e. The third-order valence-corrected chi connectivity index (χ3v) is 3.94. The largest absolute Gasteiger partial charge is 0.306 e. The monoisotopic (exact) mass is 260 g/mol. The molecule has 0 spiro atoms. The number of hydrogen-bond acceptors (Lipinski definition) is 3. The first kappa shape index (κ1) is 13.2. The molecule has 2 rings (SSSR count). The van der Waals surface area contributed by atoms with Crippen LogP contribution in [-0.4, -0.2) is 11.5 Å². The Morgan fingerprint density at radius 2 is 2.11 bits per heavy atom. The van der Waals surface area contributed by atoms with E-state index in [-0.39, 0.29) is 6.04 Å². The molecular weight excluding hydrogens is 240 g/mol. The molecule has 0 aromatic carbocycles. The molecule has 96 valence electrons. The predicted molar refractivity (Wildman–Crippen MR) is 78.2 cm³/mol. The summed E-state index contributed by atoms with van der Waals surface area (Å²) >= 11 is 1.86. The molecule has 0 aliphatic rings. The average molecular weight is 260 g/mol. The van der Waals surface area contributed by atoms with Gasteiger partial charge in [-0.3, -0.25) is 4.98 Å². The van der Waals surface area contributed by atoms with Crippen LogP contribution in [0.1, 0.15) is 40.3 Å². The third kappa shape index (κ3) is 3.18. The number of nitrogens with zero attached hydrogens (tertiary/aromatic N) is 1. The Bertz CT molecular complexity index is 505. The van der Waals surface area contributed by atoms with Gasteiger partial charge in [-0.05, 0) is 50.1 Å². The fourth-order valence-electron chi connectivity index (χ4n) is 2.02. The van der Waals surface area contributed by atoms with Crippen LogP contribution in [0.15, 0.2) is 30.6 Å². The fourth-order valence-corrected chi connectivity index (χ4v) is 3.00. The first-order valence-corrected chi connectivity index (χ1v) is 7.23. The zero-order valence-electron chi connectivity index (χ0n) is 11.2. The summed E-state index contributed by atoms with van der Waals surface area (Å²) in [5.41, 5.74) is 2.47. The first-order chi connectivity index (χ1) is 8.70. The second-order valence-electron chi connectivity index (χ2n) is 4.63. The van der Waals surface area contributed by atoms with Crippen molar-refractivity contribution in [2.45, 2.75) is 33.2 Å². The Morgan fingerprint density at radius 3 is 2.72 bits per heavy atom. The van der Waals surface area contributed by atoms with E-state index in [2.05, 4.69) is 49.3 Å². The Labute approximate surface area is 113 Å². The maximum Gasteiger partial charge on any atom is 0.0686 e. The number of hydrogen-bond donors (Lipinski definition) is 1. The van der Waals surface area contributed by atoms with E-state index in [1.807, 2.05) is 23.7 Å². The maximum absolute atomic E-state index is 4.31. The van der Waals surface area contributed by atoms with Crippen molar-refractivity contribution in [1.29, 1.82) is 0 Å². The van der Waals surface area contributed by atoms with E-state index >= 15 is 0 Å². The van der Waals surface area contributed by atoms with Gasteiger partial charge >= 0.3 is 0 Å². The lowest BCUT2D eigenvalue weighted by Crippen LogP contribution is -2.22. The molecule has 0 radical (unpaired) electrons. The molecule has 2 aromatic rings. The quantitative estimate of drug-likeness (QED) is 0.883. The number of thiophene rings is 1. The van der Waals surface area contributed by atoms with Gasteiger partial charge in [-0.15, -0.1) is 11.3 Å².